The molecule has 1 heterocycles. The van der Waals surface area contributed by atoms with E-state index >= 15 is 0 Å². The lowest BCUT2D eigenvalue weighted by Gasteiger charge is -2.25. The van der Waals surface area contributed by atoms with Crippen molar-refractivity contribution < 1.29 is 14.3 Å². The van der Waals surface area contributed by atoms with Gasteiger partial charge >= 0.3 is 0 Å². The molecule has 0 bridgehead atoms. The maximum atomic E-state index is 11.8. The lowest BCUT2D eigenvalue weighted by Crippen LogP contribution is -2.43. The van der Waals surface area contributed by atoms with Crippen molar-refractivity contribution in [1.29, 1.82) is 0 Å². The van der Waals surface area contributed by atoms with Crippen molar-refractivity contribution >= 4 is 23.4 Å². The van der Waals surface area contributed by atoms with Gasteiger partial charge in [-0.3, -0.25) is 9.59 Å². The average Bonchev–Trinajstić information content (AvgIpc) is 2.51. The molecule has 2 amide bonds. The van der Waals surface area contributed by atoms with Gasteiger partial charge in [0.1, 0.15) is 0 Å². The Morgan fingerprint density at radius 2 is 2.05 bits per heavy atom. The average molecular weight is 325 g/mol. The quantitative estimate of drug-likeness (QED) is 0.780. The summed E-state index contributed by atoms with van der Waals surface area (Å²) in [6.07, 6.45) is 2.45. The van der Waals surface area contributed by atoms with Crippen LogP contribution in [0.25, 0.3) is 0 Å². The van der Waals surface area contributed by atoms with Gasteiger partial charge in [0.25, 0.3) is 0 Å². The number of likely N-dealkylation sites (tertiary alicyclic amines) is 1. The van der Waals surface area contributed by atoms with Crippen LogP contribution in [0.4, 0.5) is 0 Å². The number of carbonyl (C=O) groups excluding carboxylic acids is 2. The molecule has 6 heteroatoms. The Labute approximate surface area is 135 Å². The Morgan fingerprint density at radius 1 is 1.27 bits per heavy atom. The first kappa shape index (κ1) is 16.8. The van der Waals surface area contributed by atoms with Crippen LogP contribution in [0, 0.1) is 0 Å². The van der Waals surface area contributed by atoms with Crippen molar-refractivity contribution in [1.82, 2.24) is 10.2 Å². The van der Waals surface area contributed by atoms with E-state index in [4.69, 9.17) is 16.3 Å². The fraction of sp³-hybridized carbons (Fsp3) is 0.500. The molecule has 1 aliphatic heterocycles. The Hall–Kier alpha value is -1.59. The standard InChI is InChI=1S/C16H21ClN2O3/c17-14-6-4-13(5-7-14)12-22-10-8-18-15(20)11-19-9-2-1-3-16(19)21/h4-7H,1-3,8-12H2,(H,18,20). The summed E-state index contributed by atoms with van der Waals surface area (Å²) in [5, 5.41) is 3.46. The zero-order valence-corrected chi connectivity index (χ0v) is 13.3. The summed E-state index contributed by atoms with van der Waals surface area (Å²) in [5.74, 6) is -0.0641. The number of ether oxygens (including phenoxy) is 1. The second-order valence-electron chi connectivity index (χ2n) is 5.30. The molecule has 1 aromatic rings. The fourth-order valence-electron chi connectivity index (χ4n) is 2.29. The van der Waals surface area contributed by atoms with Crippen molar-refractivity contribution in [3.05, 3.63) is 34.9 Å². The van der Waals surface area contributed by atoms with E-state index in [0.717, 1.165) is 18.4 Å². The number of nitrogens with one attached hydrogen (secondary N) is 1. The lowest BCUT2D eigenvalue weighted by molar-refractivity contribution is -0.137. The van der Waals surface area contributed by atoms with Gasteiger partial charge in [0.05, 0.1) is 19.8 Å². The van der Waals surface area contributed by atoms with Crippen LogP contribution in [-0.4, -0.2) is 43.0 Å². The maximum Gasteiger partial charge on any atom is 0.239 e. The number of halogens is 1. The summed E-state index contributed by atoms with van der Waals surface area (Å²) in [5.41, 5.74) is 1.04. The molecule has 0 spiro atoms. The molecular weight excluding hydrogens is 304 g/mol. The van der Waals surface area contributed by atoms with Gasteiger partial charge in [-0.15, -0.1) is 0 Å². The summed E-state index contributed by atoms with van der Waals surface area (Å²) in [4.78, 5) is 25.0. The third-order valence-electron chi connectivity index (χ3n) is 3.51. The topological polar surface area (TPSA) is 58.6 Å². The molecule has 0 saturated carbocycles. The largest absolute Gasteiger partial charge is 0.375 e. The first-order valence-electron chi connectivity index (χ1n) is 7.52. The van der Waals surface area contributed by atoms with Gasteiger partial charge in [-0.2, -0.15) is 0 Å². The minimum atomic E-state index is -0.134. The van der Waals surface area contributed by atoms with Crippen LogP contribution >= 0.6 is 11.6 Å². The summed E-state index contributed by atoms with van der Waals surface area (Å²) in [6, 6.07) is 7.45. The summed E-state index contributed by atoms with van der Waals surface area (Å²) < 4.78 is 5.48. The fourth-order valence-corrected chi connectivity index (χ4v) is 2.42. The highest BCUT2D eigenvalue weighted by molar-refractivity contribution is 6.30. The number of nitrogens with zero attached hydrogens (tertiary/aromatic N) is 1. The van der Waals surface area contributed by atoms with Gasteiger partial charge in [-0.25, -0.2) is 0 Å². The van der Waals surface area contributed by atoms with E-state index in [2.05, 4.69) is 5.32 Å². The monoisotopic (exact) mass is 324 g/mol. The van der Waals surface area contributed by atoms with E-state index in [0.29, 0.717) is 37.7 Å². The number of rotatable bonds is 7. The first-order chi connectivity index (χ1) is 10.6. The van der Waals surface area contributed by atoms with Gasteiger partial charge in [0.15, 0.2) is 0 Å². The van der Waals surface area contributed by atoms with Crippen molar-refractivity contribution in [2.75, 3.05) is 26.2 Å². The lowest BCUT2D eigenvalue weighted by atomic mass is 10.1. The molecule has 1 saturated heterocycles. The van der Waals surface area contributed by atoms with Crippen molar-refractivity contribution in [3.8, 4) is 0 Å². The van der Waals surface area contributed by atoms with Crippen LogP contribution in [0.5, 0.6) is 0 Å². The number of carbonyl (C=O) groups is 2. The van der Waals surface area contributed by atoms with Gasteiger partial charge < -0.3 is 15.0 Å². The normalized spacial score (nSPS) is 15.0. The molecule has 5 nitrogen and oxygen atoms in total. The third-order valence-corrected chi connectivity index (χ3v) is 3.76. The molecule has 0 atom stereocenters. The van der Waals surface area contributed by atoms with Gasteiger partial charge in [-0.05, 0) is 30.5 Å². The minimum absolute atomic E-state index is 0.0698. The molecular formula is C16H21ClN2O3. The predicted octanol–water partition coefficient (Wildman–Crippen LogP) is 1.99. The third kappa shape index (κ3) is 5.66. The van der Waals surface area contributed by atoms with E-state index in [-0.39, 0.29) is 18.4 Å². The van der Waals surface area contributed by atoms with E-state index in [1.165, 1.54) is 0 Å². The van der Waals surface area contributed by atoms with Crippen molar-refractivity contribution in [2.45, 2.75) is 25.9 Å². The van der Waals surface area contributed by atoms with Crippen LogP contribution in [0.2, 0.25) is 5.02 Å². The smallest absolute Gasteiger partial charge is 0.239 e. The van der Waals surface area contributed by atoms with Crippen LogP contribution in [0.1, 0.15) is 24.8 Å². The van der Waals surface area contributed by atoms with Crippen molar-refractivity contribution in [2.24, 2.45) is 0 Å². The molecule has 1 aromatic carbocycles. The molecule has 0 aliphatic carbocycles. The first-order valence-corrected chi connectivity index (χ1v) is 7.89. The number of benzene rings is 1. The molecule has 0 unspecified atom stereocenters. The molecule has 0 aromatic heterocycles. The number of hydrogen-bond donors (Lipinski definition) is 1. The Morgan fingerprint density at radius 3 is 2.77 bits per heavy atom. The molecule has 1 aliphatic rings. The van der Waals surface area contributed by atoms with Crippen LogP contribution in [0.15, 0.2) is 24.3 Å². The zero-order chi connectivity index (χ0) is 15.8. The predicted molar refractivity (Wildman–Crippen MR) is 84.5 cm³/mol. The zero-order valence-electron chi connectivity index (χ0n) is 12.5. The molecule has 120 valence electrons. The van der Waals surface area contributed by atoms with E-state index in [1.54, 1.807) is 4.90 Å². The van der Waals surface area contributed by atoms with E-state index < -0.39 is 0 Å². The molecule has 0 radical (unpaired) electrons. The van der Waals surface area contributed by atoms with Gasteiger partial charge in [0.2, 0.25) is 11.8 Å². The molecule has 1 fully saturated rings. The Kier molecular flexibility index (Phi) is 6.68. The van der Waals surface area contributed by atoms with Crippen molar-refractivity contribution in [3.63, 3.8) is 0 Å². The molecule has 22 heavy (non-hydrogen) atoms. The Balaban J connectivity index is 1.57. The second-order valence-corrected chi connectivity index (χ2v) is 5.74. The molecule has 1 N–H and O–H groups in total. The van der Waals surface area contributed by atoms with E-state index in [1.807, 2.05) is 24.3 Å². The summed E-state index contributed by atoms with van der Waals surface area (Å²) in [7, 11) is 0. The van der Waals surface area contributed by atoms with Gasteiger partial charge in [-0.1, -0.05) is 23.7 Å². The second kappa shape index (κ2) is 8.76. The number of piperidine rings is 1. The van der Waals surface area contributed by atoms with Crippen LogP contribution in [-0.2, 0) is 20.9 Å². The van der Waals surface area contributed by atoms with Gasteiger partial charge in [0, 0.05) is 24.5 Å². The molecule has 2 rings (SSSR count). The minimum Gasteiger partial charge on any atom is -0.375 e. The highest BCUT2D eigenvalue weighted by Gasteiger charge is 2.19. The highest BCUT2D eigenvalue weighted by atomic mass is 35.5. The highest BCUT2D eigenvalue weighted by Crippen LogP contribution is 2.10. The number of hydrogen-bond acceptors (Lipinski definition) is 3. The van der Waals surface area contributed by atoms with Crippen LogP contribution in [0.3, 0.4) is 0 Å². The summed E-state index contributed by atoms with van der Waals surface area (Å²) >= 11 is 5.80. The SMILES string of the molecule is O=C(CN1CCCCC1=O)NCCOCc1ccc(Cl)cc1. The maximum absolute atomic E-state index is 11.8. The van der Waals surface area contributed by atoms with Crippen LogP contribution < -0.4 is 5.32 Å². The summed E-state index contributed by atoms with van der Waals surface area (Å²) in [6.45, 7) is 2.18. The Bertz CT molecular complexity index is 505. The number of amides is 2. The van der Waals surface area contributed by atoms with E-state index in [9.17, 15) is 9.59 Å².